The van der Waals surface area contributed by atoms with E-state index in [1.807, 2.05) is 38.4 Å². The van der Waals surface area contributed by atoms with Crippen LogP contribution in [0.1, 0.15) is 12.5 Å². The van der Waals surface area contributed by atoms with Crippen molar-refractivity contribution in [1.29, 1.82) is 0 Å². The van der Waals surface area contributed by atoms with Gasteiger partial charge < -0.3 is 10.1 Å². The minimum atomic E-state index is -0.276. The molecule has 0 saturated heterocycles. The summed E-state index contributed by atoms with van der Waals surface area (Å²) in [7, 11) is 0. The summed E-state index contributed by atoms with van der Waals surface area (Å²) >= 11 is 1.45. The van der Waals surface area contributed by atoms with Crippen LogP contribution in [0.3, 0.4) is 0 Å². The molecule has 0 aliphatic rings. The molecule has 0 atom stereocenters. The topological polar surface area (TPSA) is 76.1 Å². The van der Waals surface area contributed by atoms with Crippen molar-refractivity contribution in [2.75, 3.05) is 25.1 Å². The summed E-state index contributed by atoms with van der Waals surface area (Å²) in [5.41, 5.74) is 4.13. The summed E-state index contributed by atoms with van der Waals surface area (Å²) < 4.78 is 6.20. The highest BCUT2D eigenvalue weighted by Gasteiger charge is 2.09. The first-order valence-electron chi connectivity index (χ1n) is 8.11. The van der Waals surface area contributed by atoms with Crippen molar-refractivity contribution in [3.63, 3.8) is 0 Å². The standard InChI is InChI=1S/C18H20N4O2S/c1-3-24-7-6-20-17(23)22-18-21-15-5-4-13(9-16(15)25-18)14-8-12(2)10-19-11-14/h4-5,8-11H,3,6-7H2,1-2H3,(H2,20,21,22,23). The number of rotatable bonds is 6. The summed E-state index contributed by atoms with van der Waals surface area (Å²) in [6, 6.07) is 7.87. The van der Waals surface area contributed by atoms with Crippen LogP contribution in [-0.2, 0) is 4.74 Å². The van der Waals surface area contributed by atoms with Gasteiger partial charge in [-0.1, -0.05) is 17.4 Å². The van der Waals surface area contributed by atoms with Crippen molar-refractivity contribution in [2.45, 2.75) is 13.8 Å². The fourth-order valence-corrected chi connectivity index (χ4v) is 3.29. The van der Waals surface area contributed by atoms with Crippen LogP contribution in [-0.4, -0.2) is 35.8 Å². The summed E-state index contributed by atoms with van der Waals surface area (Å²) in [5, 5.41) is 6.08. The summed E-state index contributed by atoms with van der Waals surface area (Å²) in [6.07, 6.45) is 3.68. The molecule has 0 radical (unpaired) electrons. The number of nitrogens with zero attached hydrogens (tertiary/aromatic N) is 2. The average Bonchev–Trinajstić information content (AvgIpc) is 3.00. The number of aromatic nitrogens is 2. The van der Waals surface area contributed by atoms with Crippen molar-refractivity contribution in [1.82, 2.24) is 15.3 Å². The zero-order valence-electron chi connectivity index (χ0n) is 14.2. The Morgan fingerprint density at radius 1 is 1.24 bits per heavy atom. The molecule has 0 saturated carbocycles. The Morgan fingerprint density at radius 3 is 2.92 bits per heavy atom. The SMILES string of the molecule is CCOCCNC(=O)Nc1nc2ccc(-c3cncc(C)c3)cc2s1. The van der Waals surface area contributed by atoms with Crippen LogP contribution in [0, 0.1) is 6.92 Å². The normalized spacial score (nSPS) is 10.8. The molecule has 0 fully saturated rings. The number of anilines is 1. The number of hydrogen-bond acceptors (Lipinski definition) is 5. The van der Waals surface area contributed by atoms with E-state index < -0.39 is 0 Å². The van der Waals surface area contributed by atoms with E-state index in [0.717, 1.165) is 26.9 Å². The van der Waals surface area contributed by atoms with E-state index in [-0.39, 0.29) is 6.03 Å². The molecule has 7 heteroatoms. The molecule has 2 N–H and O–H groups in total. The Hall–Kier alpha value is -2.51. The number of hydrogen-bond donors (Lipinski definition) is 2. The Balaban J connectivity index is 1.71. The molecule has 2 heterocycles. The second-order valence-electron chi connectivity index (χ2n) is 5.53. The average molecular weight is 356 g/mol. The van der Waals surface area contributed by atoms with Crippen LogP contribution < -0.4 is 10.6 Å². The number of thiazole rings is 1. The van der Waals surface area contributed by atoms with Crippen LogP contribution in [0.25, 0.3) is 21.3 Å². The minimum absolute atomic E-state index is 0.276. The van der Waals surface area contributed by atoms with Gasteiger partial charge in [0.1, 0.15) is 0 Å². The highest BCUT2D eigenvalue weighted by Crippen LogP contribution is 2.30. The number of nitrogens with one attached hydrogen (secondary N) is 2. The summed E-state index contributed by atoms with van der Waals surface area (Å²) in [5.74, 6) is 0. The van der Waals surface area contributed by atoms with Gasteiger partial charge in [-0.25, -0.2) is 9.78 Å². The number of ether oxygens (including phenoxy) is 1. The number of aryl methyl sites for hydroxylation is 1. The third kappa shape index (κ3) is 4.52. The van der Waals surface area contributed by atoms with Crippen molar-refractivity contribution >= 4 is 32.7 Å². The first-order chi connectivity index (χ1) is 12.2. The maximum atomic E-state index is 11.9. The number of amides is 2. The number of urea groups is 1. The Bertz CT molecular complexity index is 878. The molecule has 2 amide bonds. The van der Waals surface area contributed by atoms with Gasteiger partial charge in [-0.2, -0.15) is 0 Å². The molecule has 0 aliphatic heterocycles. The van der Waals surface area contributed by atoms with Crippen molar-refractivity contribution in [3.05, 3.63) is 42.2 Å². The van der Waals surface area contributed by atoms with Gasteiger partial charge in [0.25, 0.3) is 0 Å². The molecular formula is C18H20N4O2S. The van der Waals surface area contributed by atoms with E-state index in [4.69, 9.17) is 4.74 Å². The molecule has 1 aromatic carbocycles. The quantitative estimate of drug-likeness (QED) is 0.658. The van der Waals surface area contributed by atoms with E-state index in [0.29, 0.717) is 24.9 Å². The molecule has 6 nitrogen and oxygen atoms in total. The maximum absolute atomic E-state index is 11.9. The zero-order chi connectivity index (χ0) is 17.6. The van der Waals surface area contributed by atoms with Crippen LogP contribution in [0.4, 0.5) is 9.93 Å². The summed E-state index contributed by atoms with van der Waals surface area (Å²) in [4.78, 5) is 20.5. The van der Waals surface area contributed by atoms with Crippen LogP contribution in [0.2, 0.25) is 0 Å². The zero-order valence-corrected chi connectivity index (χ0v) is 15.0. The summed E-state index contributed by atoms with van der Waals surface area (Å²) in [6.45, 7) is 5.54. The number of carbonyl (C=O) groups excluding carboxylic acids is 1. The Morgan fingerprint density at radius 2 is 2.12 bits per heavy atom. The number of carbonyl (C=O) groups is 1. The Kier molecular flexibility index (Phi) is 5.57. The molecule has 0 aliphatic carbocycles. The van der Waals surface area contributed by atoms with Crippen molar-refractivity contribution < 1.29 is 9.53 Å². The maximum Gasteiger partial charge on any atom is 0.321 e. The molecule has 0 unspecified atom stereocenters. The van der Waals surface area contributed by atoms with Crippen LogP contribution in [0.15, 0.2) is 36.7 Å². The first-order valence-corrected chi connectivity index (χ1v) is 8.92. The molecule has 25 heavy (non-hydrogen) atoms. The molecule has 0 spiro atoms. The molecule has 0 bridgehead atoms. The third-order valence-corrected chi connectivity index (χ3v) is 4.49. The van der Waals surface area contributed by atoms with Crippen molar-refractivity contribution in [2.24, 2.45) is 0 Å². The third-order valence-electron chi connectivity index (χ3n) is 3.55. The second kappa shape index (κ2) is 8.04. The van der Waals surface area contributed by atoms with Gasteiger partial charge in [-0.05, 0) is 43.2 Å². The van der Waals surface area contributed by atoms with E-state index in [1.165, 1.54) is 11.3 Å². The lowest BCUT2D eigenvalue weighted by Crippen LogP contribution is -2.31. The lowest BCUT2D eigenvalue weighted by Gasteiger charge is -2.04. The highest BCUT2D eigenvalue weighted by molar-refractivity contribution is 7.22. The van der Waals surface area contributed by atoms with Gasteiger partial charge in [-0.15, -0.1) is 0 Å². The van der Waals surface area contributed by atoms with Crippen molar-refractivity contribution in [3.8, 4) is 11.1 Å². The smallest absolute Gasteiger partial charge is 0.321 e. The number of pyridine rings is 1. The molecule has 3 rings (SSSR count). The van der Waals surface area contributed by atoms with E-state index in [2.05, 4.69) is 32.7 Å². The second-order valence-corrected chi connectivity index (χ2v) is 6.56. The predicted molar refractivity (Wildman–Crippen MR) is 101 cm³/mol. The largest absolute Gasteiger partial charge is 0.380 e. The number of benzene rings is 1. The number of fused-ring (bicyclic) bond motifs is 1. The molecule has 130 valence electrons. The van der Waals surface area contributed by atoms with E-state index >= 15 is 0 Å². The fraction of sp³-hybridized carbons (Fsp3) is 0.278. The van der Waals surface area contributed by atoms with Gasteiger partial charge in [-0.3, -0.25) is 10.3 Å². The van der Waals surface area contributed by atoms with E-state index in [9.17, 15) is 4.79 Å². The predicted octanol–water partition coefficient (Wildman–Crippen LogP) is 3.82. The van der Waals surface area contributed by atoms with Crippen LogP contribution in [0.5, 0.6) is 0 Å². The van der Waals surface area contributed by atoms with Gasteiger partial charge >= 0.3 is 6.03 Å². The first kappa shape index (κ1) is 17.3. The lowest BCUT2D eigenvalue weighted by molar-refractivity contribution is 0.150. The van der Waals surface area contributed by atoms with Gasteiger partial charge in [0.05, 0.1) is 16.8 Å². The van der Waals surface area contributed by atoms with Gasteiger partial charge in [0.15, 0.2) is 5.13 Å². The van der Waals surface area contributed by atoms with Crippen LogP contribution >= 0.6 is 11.3 Å². The molecular weight excluding hydrogens is 336 g/mol. The molecule has 3 aromatic rings. The molecule has 2 aromatic heterocycles. The monoisotopic (exact) mass is 356 g/mol. The highest BCUT2D eigenvalue weighted by atomic mass is 32.1. The van der Waals surface area contributed by atoms with Gasteiger partial charge in [0, 0.05) is 31.1 Å². The lowest BCUT2D eigenvalue weighted by atomic mass is 10.1. The minimum Gasteiger partial charge on any atom is -0.380 e. The fourth-order valence-electron chi connectivity index (χ4n) is 2.39. The Labute approximate surface area is 150 Å². The van der Waals surface area contributed by atoms with E-state index in [1.54, 1.807) is 0 Å². The van der Waals surface area contributed by atoms with Gasteiger partial charge in [0.2, 0.25) is 0 Å².